The predicted molar refractivity (Wildman–Crippen MR) is 117 cm³/mol. The van der Waals surface area contributed by atoms with Crippen LogP contribution in [0.3, 0.4) is 0 Å². The molecule has 1 aromatic carbocycles. The van der Waals surface area contributed by atoms with Crippen molar-refractivity contribution in [2.45, 2.75) is 25.5 Å². The Morgan fingerprint density at radius 2 is 1.88 bits per heavy atom. The zero-order valence-corrected chi connectivity index (χ0v) is 18.1. The fraction of sp³-hybridized carbons (Fsp3) is 0.632. The maximum Gasteiger partial charge on any atom is 0.191 e. The summed E-state index contributed by atoms with van der Waals surface area (Å²) in [4.78, 5) is 9.72. The van der Waals surface area contributed by atoms with Gasteiger partial charge in [-0.15, -0.1) is 24.0 Å². The smallest absolute Gasteiger partial charge is 0.191 e. The monoisotopic (exact) mass is 473 g/mol. The second-order valence-electron chi connectivity index (χ2n) is 7.21. The second kappa shape index (κ2) is 9.87. The van der Waals surface area contributed by atoms with Gasteiger partial charge in [-0.2, -0.15) is 0 Å². The molecule has 1 aromatic rings. The molecule has 2 bridgehead atoms. The van der Waals surface area contributed by atoms with Crippen molar-refractivity contribution in [3.05, 3.63) is 35.9 Å². The number of benzene rings is 1. The molecule has 0 spiro atoms. The molecular formula is C19H32IN5O. The Hall–Kier alpha value is -0.900. The largest absolute Gasteiger partial charge is 0.384 e. The van der Waals surface area contributed by atoms with Gasteiger partial charge in [0.2, 0.25) is 0 Å². The zero-order chi connectivity index (χ0) is 17.7. The number of rotatable bonds is 6. The highest BCUT2D eigenvalue weighted by atomic mass is 127. The average molecular weight is 473 g/mol. The third-order valence-corrected chi connectivity index (χ3v) is 5.18. The van der Waals surface area contributed by atoms with Crippen molar-refractivity contribution in [2.24, 2.45) is 4.99 Å². The van der Waals surface area contributed by atoms with Gasteiger partial charge in [0.15, 0.2) is 5.96 Å². The molecule has 2 unspecified atom stereocenters. The molecule has 3 heterocycles. The molecule has 0 amide bonds. The number of fused-ring (bicyclic) bond motifs is 3. The van der Waals surface area contributed by atoms with Crippen LogP contribution in [0.4, 0.5) is 0 Å². The molecule has 0 radical (unpaired) electrons. The number of aliphatic imine (C=N–C) groups is 1. The summed E-state index contributed by atoms with van der Waals surface area (Å²) in [6.45, 7) is 11.8. The number of hydrogen-bond acceptors (Lipinski definition) is 4. The molecule has 6 nitrogen and oxygen atoms in total. The van der Waals surface area contributed by atoms with Gasteiger partial charge < -0.3 is 15.7 Å². The summed E-state index contributed by atoms with van der Waals surface area (Å²) < 4.78 is 0. The van der Waals surface area contributed by atoms with Gasteiger partial charge in [-0.1, -0.05) is 30.3 Å². The number of aliphatic hydroxyl groups is 1. The molecule has 0 aliphatic carbocycles. The summed E-state index contributed by atoms with van der Waals surface area (Å²) in [6, 6.07) is 10.3. The lowest BCUT2D eigenvalue weighted by Crippen LogP contribution is -2.63. The lowest BCUT2D eigenvalue weighted by molar-refractivity contribution is 0.0154. The summed E-state index contributed by atoms with van der Waals surface area (Å²) in [5, 5.41) is 17.5. The molecule has 146 valence electrons. The van der Waals surface area contributed by atoms with Gasteiger partial charge in [-0.05, 0) is 19.4 Å². The van der Waals surface area contributed by atoms with Gasteiger partial charge in [0.25, 0.3) is 0 Å². The SMILES string of the molecule is CCNC(=NCC(C)(O)c1ccccc1)NCC1CN2CCN1CC2.I. The topological polar surface area (TPSA) is 63.1 Å². The van der Waals surface area contributed by atoms with Crippen LogP contribution in [0.5, 0.6) is 0 Å². The first-order valence-corrected chi connectivity index (χ1v) is 9.35. The minimum absolute atomic E-state index is 0. The van der Waals surface area contributed by atoms with Gasteiger partial charge in [-0.25, -0.2) is 4.99 Å². The van der Waals surface area contributed by atoms with Crippen molar-refractivity contribution in [2.75, 3.05) is 52.4 Å². The van der Waals surface area contributed by atoms with E-state index in [1.165, 1.54) is 26.2 Å². The van der Waals surface area contributed by atoms with Crippen molar-refractivity contribution in [1.82, 2.24) is 20.4 Å². The zero-order valence-electron chi connectivity index (χ0n) is 15.8. The minimum atomic E-state index is -0.970. The Balaban J connectivity index is 0.00000243. The molecular weight excluding hydrogens is 441 g/mol. The first kappa shape index (κ1) is 21.4. The van der Waals surface area contributed by atoms with Crippen LogP contribution in [0.1, 0.15) is 19.4 Å². The molecule has 4 rings (SSSR count). The summed E-state index contributed by atoms with van der Waals surface area (Å²) in [5.74, 6) is 0.774. The lowest BCUT2D eigenvalue weighted by Gasteiger charge is -2.47. The van der Waals surface area contributed by atoms with Crippen LogP contribution in [-0.2, 0) is 5.60 Å². The Kier molecular flexibility index (Phi) is 8.12. The van der Waals surface area contributed by atoms with Crippen LogP contribution in [0.25, 0.3) is 0 Å². The summed E-state index contributed by atoms with van der Waals surface area (Å²) in [6.07, 6.45) is 0. The number of guanidine groups is 1. The first-order valence-electron chi connectivity index (χ1n) is 9.35. The molecule has 0 saturated carbocycles. The molecule has 0 aromatic heterocycles. The maximum absolute atomic E-state index is 10.7. The molecule has 3 saturated heterocycles. The van der Waals surface area contributed by atoms with Gasteiger partial charge in [0.05, 0.1) is 6.54 Å². The van der Waals surface area contributed by atoms with Crippen LogP contribution in [-0.4, -0.2) is 79.3 Å². The summed E-state index contributed by atoms with van der Waals surface area (Å²) >= 11 is 0. The van der Waals surface area contributed by atoms with E-state index in [-0.39, 0.29) is 24.0 Å². The van der Waals surface area contributed by atoms with E-state index in [1.807, 2.05) is 37.3 Å². The molecule has 26 heavy (non-hydrogen) atoms. The molecule has 3 aliphatic rings. The van der Waals surface area contributed by atoms with Crippen molar-refractivity contribution in [3.8, 4) is 0 Å². The van der Waals surface area contributed by atoms with Crippen LogP contribution >= 0.6 is 24.0 Å². The Morgan fingerprint density at radius 3 is 2.46 bits per heavy atom. The standard InChI is InChI=1S/C19H31N5O.HI/c1-3-20-18(21-13-17-14-23-9-11-24(17)12-10-23)22-15-19(2,25)16-7-5-4-6-8-16;/h4-8,17,25H,3,9-15H2,1-2H3,(H2,20,21,22);1H. The third kappa shape index (κ3) is 5.55. The number of halogens is 1. The van der Waals surface area contributed by atoms with Crippen molar-refractivity contribution in [3.63, 3.8) is 0 Å². The summed E-state index contributed by atoms with van der Waals surface area (Å²) in [5.41, 5.74) is -0.0824. The first-order chi connectivity index (χ1) is 12.1. The highest BCUT2D eigenvalue weighted by Gasteiger charge is 2.31. The molecule has 2 atom stereocenters. The lowest BCUT2D eigenvalue weighted by atomic mass is 9.96. The number of nitrogens with one attached hydrogen (secondary N) is 2. The normalized spacial score (nSPS) is 27.3. The van der Waals surface area contributed by atoms with Gasteiger partial charge in [0.1, 0.15) is 5.60 Å². The Labute approximate surface area is 174 Å². The van der Waals surface area contributed by atoms with E-state index >= 15 is 0 Å². The van der Waals surface area contributed by atoms with Crippen LogP contribution in [0.15, 0.2) is 35.3 Å². The molecule has 7 heteroatoms. The summed E-state index contributed by atoms with van der Waals surface area (Å²) in [7, 11) is 0. The van der Waals surface area contributed by atoms with E-state index in [2.05, 4.69) is 32.3 Å². The fourth-order valence-corrected chi connectivity index (χ4v) is 3.60. The highest BCUT2D eigenvalue weighted by molar-refractivity contribution is 14.0. The van der Waals surface area contributed by atoms with E-state index < -0.39 is 5.60 Å². The Morgan fingerprint density at radius 1 is 1.19 bits per heavy atom. The van der Waals surface area contributed by atoms with Crippen LogP contribution in [0, 0.1) is 0 Å². The highest BCUT2D eigenvalue weighted by Crippen LogP contribution is 2.20. The van der Waals surface area contributed by atoms with Crippen LogP contribution in [0.2, 0.25) is 0 Å². The average Bonchev–Trinajstić information content (AvgIpc) is 2.66. The van der Waals surface area contributed by atoms with E-state index in [4.69, 9.17) is 0 Å². The van der Waals surface area contributed by atoms with E-state index in [0.29, 0.717) is 12.6 Å². The van der Waals surface area contributed by atoms with Crippen molar-refractivity contribution in [1.29, 1.82) is 0 Å². The molecule has 3 fully saturated rings. The van der Waals surface area contributed by atoms with Crippen molar-refractivity contribution < 1.29 is 5.11 Å². The fourth-order valence-electron chi connectivity index (χ4n) is 3.60. The number of piperazine rings is 3. The predicted octanol–water partition coefficient (Wildman–Crippen LogP) is 1.07. The van der Waals surface area contributed by atoms with Gasteiger partial charge >= 0.3 is 0 Å². The Bertz CT molecular complexity index is 573. The van der Waals surface area contributed by atoms with E-state index in [9.17, 15) is 5.11 Å². The van der Waals surface area contributed by atoms with Crippen LogP contribution < -0.4 is 10.6 Å². The van der Waals surface area contributed by atoms with Gasteiger partial charge in [0, 0.05) is 51.9 Å². The molecule has 3 N–H and O–H groups in total. The maximum atomic E-state index is 10.7. The number of nitrogens with zero attached hydrogens (tertiary/aromatic N) is 3. The van der Waals surface area contributed by atoms with E-state index in [1.54, 1.807) is 0 Å². The quantitative estimate of drug-likeness (QED) is 0.328. The van der Waals surface area contributed by atoms with Crippen molar-refractivity contribution >= 4 is 29.9 Å². The number of hydrogen-bond donors (Lipinski definition) is 3. The second-order valence-corrected chi connectivity index (χ2v) is 7.21. The third-order valence-electron chi connectivity index (χ3n) is 5.18. The minimum Gasteiger partial charge on any atom is -0.384 e. The van der Waals surface area contributed by atoms with E-state index in [0.717, 1.165) is 31.2 Å². The van der Waals surface area contributed by atoms with Gasteiger partial charge in [-0.3, -0.25) is 9.80 Å². The molecule has 3 aliphatic heterocycles.